The van der Waals surface area contributed by atoms with E-state index in [1.165, 1.54) is 0 Å². The molecule has 1 aromatic carbocycles. The highest BCUT2D eigenvalue weighted by Crippen LogP contribution is 2.48. The molecule has 1 N–H and O–H groups in total. The molecule has 2 atom stereocenters. The molecule has 1 aromatic rings. The zero-order valence-electron chi connectivity index (χ0n) is 17.0. The van der Waals surface area contributed by atoms with Crippen molar-refractivity contribution in [3.63, 3.8) is 0 Å². The minimum atomic E-state index is -5.26. The number of benzene rings is 1. The SMILES string of the molecule is CC1(C(=O)N2C[C@H](S(=O)(=O)c3ccc(OCC(F)(F)F)cc3C(F)(F)F)C[C@H]2C(=O)O)CC1. The fraction of sp³-hybridized carbons (Fsp3) is 0.579. The molecule has 7 nitrogen and oxygen atoms in total. The number of nitrogens with zero attached hydrogens (tertiary/aromatic N) is 1. The normalized spacial score (nSPS) is 22.8. The molecular weight excluding hydrogens is 484 g/mol. The Morgan fingerprint density at radius 2 is 1.79 bits per heavy atom. The van der Waals surface area contributed by atoms with E-state index in [1.54, 1.807) is 6.92 Å². The van der Waals surface area contributed by atoms with Gasteiger partial charge in [-0.05, 0) is 37.5 Å². The van der Waals surface area contributed by atoms with Crippen molar-refractivity contribution in [1.29, 1.82) is 0 Å². The van der Waals surface area contributed by atoms with E-state index in [-0.39, 0.29) is 6.07 Å². The van der Waals surface area contributed by atoms with Crippen LogP contribution in [-0.4, -0.2) is 60.9 Å². The number of likely N-dealkylation sites (tertiary alicyclic amines) is 1. The topological polar surface area (TPSA) is 101 Å². The van der Waals surface area contributed by atoms with Crippen LogP contribution in [0.2, 0.25) is 0 Å². The highest BCUT2D eigenvalue weighted by Gasteiger charge is 2.54. The molecule has 0 unspecified atom stereocenters. The zero-order valence-corrected chi connectivity index (χ0v) is 17.9. The molecule has 1 aliphatic carbocycles. The van der Waals surface area contributed by atoms with Crippen molar-refractivity contribution >= 4 is 21.7 Å². The van der Waals surface area contributed by atoms with Crippen molar-refractivity contribution in [3.05, 3.63) is 23.8 Å². The number of hydrogen-bond acceptors (Lipinski definition) is 5. The van der Waals surface area contributed by atoms with Gasteiger partial charge in [-0.25, -0.2) is 13.2 Å². The number of carbonyl (C=O) groups is 2. The first-order valence-corrected chi connectivity index (χ1v) is 11.2. The fourth-order valence-corrected chi connectivity index (χ4v) is 5.53. The maximum absolute atomic E-state index is 13.6. The number of carboxylic acid groups (broad SMARTS) is 1. The van der Waals surface area contributed by atoms with Gasteiger partial charge in [0.25, 0.3) is 0 Å². The molecular formula is C19H19F6NO6S. The summed E-state index contributed by atoms with van der Waals surface area (Å²) in [5.41, 5.74) is -2.57. The smallest absolute Gasteiger partial charge is 0.422 e. The average molecular weight is 503 g/mol. The Kier molecular flexibility index (Phi) is 6.14. The van der Waals surface area contributed by atoms with Gasteiger partial charge in [0, 0.05) is 12.0 Å². The van der Waals surface area contributed by atoms with Gasteiger partial charge in [0.05, 0.1) is 15.7 Å². The Morgan fingerprint density at radius 1 is 1.18 bits per heavy atom. The number of rotatable bonds is 6. The van der Waals surface area contributed by atoms with Crippen LogP contribution < -0.4 is 4.74 Å². The van der Waals surface area contributed by atoms with Crippen molar-refractivity contribution < 1.29 is 54.2 Å². The number of aliphatic carboxylic acids is 1. The lowest BCUT2D eigenvalue weighted by atomic mass is 10.1. The van der Waals surface area contributed by atoms with E-state index in [0.29, 0.717) is 25.0 Å². The molecule has 1 aliphatic heterocycles. The molecule has 14 heteroatoms. The standard InChI is InChI=1S/C19H19F6NO6S/c1-17(4-5-17)16(29)26-8-11(7-13(26)15(27)28)33(30,31)14-3-2-10(32-9-18(20,21)22)6-12(14)19(23,24)25/h2-3,6,11,13H,4-5,7-9H2,1H3,(H,27,28)/t11-,13+/m1/s1. The lowest BCUT2D eigenvalue weighted by Gasteiger charge is -2.24. The van der Waals surface area contributed by atoms with Crippen LogP contribution in [0.5, 0.6) is 5.75 Å². The van der Waals surface area contributed by atoms with Crippen LogP contribution in [0.15, 0.2) is 23.1 Å². The summed E-state index contributed by atoms with van der Waals surface area (Å²) in [4.78, 5) is 23.9. The first-order chi connectivity index (χ1) is 15.0. The Labute approximate surface area is 184 Å². The molecule has 0 radical (unpaired) electrons. The average Bonchev–Trinajstić information content (AvgIpc) is 3.26. The van der Waals surface area contributed by atoms with Crippen LogP contribution in [0, 0.1) is 5.41 Å². The first kappa shape index (κ1) is 25.1. The lowest BCUT2D eigenvalue weighted by molar-refractivity contribution is -0.153. The minimum Gasteiger partial charge on any atom is -0.484 e. The minimum absolute atomic E-state index is 0.149. The van der Waals surface area contributed by atoms with Crippen molar-refractivity contribution in [2.24, 2.45) is 5.41 Å². The highest BCUT2D eigenvalue weighted by atomic mass is 32.2. The van der Waals surface area contributed by atoms with Gasteiger partial charge in [0.15, 0.2) is 16.4 Å². The third-order valence-corrected chi connectivity index (χ3v) is 7.92. The molecule has 184 valence electrons. The number of sulfone groups is 1. The van der Waals surface area contributed by atoms with E-state index >= 15 is 0 Å². The van der Waals surface area contributed by atoms with E-state index in [1.807, 2.05) is 0 Å². The van der Waals surface area contributed by atoms with Gasteiger partial charge in [0.1, 0.15) is 11.8 Å². The van der Waals surface area contributed by atoms with Gasteiger partial charge >= 0.3 is 18.3 Å². The summed E-state index contributed by atoms with van der Waals surface area (Å²) in [5, 5.41) is 7.80. The van der Waals surface area contributed by atoms with E-state index in [2.05, 4.69) is 4.74 Å². The van der Waals surface area contributed by atoms with Crippen molar-refractivity contribution in [2.75, 3.05) is 13.2 Å². The monoisotopic (exact) mass is 503 g/mol. The second kappa shape index (κ2) is 8.06. The van der Waals surface area contributed by atoms with Crippen LogP contribution in [0.4, 0.5) is 26.3 Å². The maximum atomic E-state index is 13.6. The number of alkyl halides is 6. The number of ether oxygens (including phenoxy) is 1. The molecule has 0 spiro atoms. The summed E-state index contributed by atoms with van der Waals surface area (Å²) in [6.07, 6.45) is -9.76. The molecule has 33 heavy (non-hydrogen) atoms. The Balaban J connectivity index is 1.96. The molecule has 1 saturated heterocycles. The summed E-state index contributed by atoms with van der Waals surface area (Å²) in [7, 11) is -4.83. The van der Waals surface area contributed by atoms with Crippen molar-refractivity contribution in [1.82, 2.24) is 4.90 Å². The summed E-state index contributed by atoms with van der Waals surface area (Å²) in [5.74, 6) is -2.91. The van der Waals surface area contributed by atoms with Crippen molar-refractivity contribution in [3.8, 4) is 5.75 Å². The van der Waals surface area contributed by atoms with Gasteiger partial charge in [-0.3, -0.25) is 4.79 Å². The second-order valence-electron chi connectivity index (χ2n) is 8.33. The largest absolute Gasteiger partial charge is 0.484 e. The Bertz CT molecular complexity index is 1060. The van der Waals surface area contributed by atoms with E-state index in [4.69, 9.17) is 0 Å². The van der Waals surface area contributed by atoms with Crippen LogP contribution in [0.25, 0.3) is 0 Å². The molecule has 2 aliphatic rings. The number of halogens is 6. The van der Waals surface area contributed by atoms with Crippen molar-refractivity contribution in [2.45, 2.75) is 54.7 Å². The first-order valence-electron chi connectivity index (χ1n) is 9.64. The highest BCUT2D eigenvalue weighted by molar-refractivity contribution is 7.92. The van der Waals surface area contributed by atoms with Gasteiger partial charge in [0.2, 0.25) is 5.91 Å². The predicted molar refractivity (Wildman–Crippen MR) is 99.1 cm³/mol. The van der Waals surface area contributed by atoms with Crippen LogP contribution in [0.3, 0.4) is 0 Å². The summed E-state index contributed by atoms with van der Waals surface area (Å²) in [6, 6.07) is -0.243. The summed E-state index contributed by atoms with van der Waals surface area (Å²) in [6.45, 7) is -0.913. The zero-order chi connectivity index (χ0) is 25.0. The molecule has 3 rings (SSSR count). The van der Waals surface area contributed by atoms with Crippen LogP contribution in [-0.2, 0) is 25.6 Å². The quantitative estimate of drug-likeness (QED) is 0.599. The maximum Gasteiger partial charge on any atom is 0.422 e. The van der Waals surface area contributed by atoms with E-state index < -0.39 is 86.6 Å². The summed E-state index contributed by atoms with van der Waals surface area (Å²) >= 11 is 0. The Morgan fingerprint density at radius 3 is 2.27 bits per heavy atom. The number of amides is 1. The van der Waals surface area contributed by atoms with Crippen LogP contribution in [0.1, 0.15) is 31.7 Å². The molecule has 0 bridgehead atoms. The van der Waals surface area contributed by atoms with Crippen LogP contribution >= 0.6 is 0 Å². The molecule has 0 aromatic heterocycles. The van der Waals surface area contributed by atoms with Gasteiger partial charge in [-0.2, -0.15) is 26.3 Å². The third-order valence-electron chi connectivity index (χ3n) is 5.73. The second-order valence-corrected chi connectivity index (χ2v) is 10.5. The molecule has 1 saturated carbocycles. The predicted octanol–water partition coefficient (Wildman–Crippen LogP) is 3.27. The number of hydrogen-bond donors (Lipinski definition) is 1. The fourth-order valence-electron chi connectivity index (χ4n) is 3.64. The van der Waals surface area contributed by atoms with Gasteiger partial charge in [-0.15, -0.1) is 0 Å². The number of carboxylic acids is 1. The van der Waals surface area contributed by atoms with Gasteiger partial charge < -0.3 is 14.7 Å². The number of carbonyl (C=O) groups excluding carboxylic acids is 1. The summed E-state index contributed by atoms with van der Waals surface area (Å²) < 4.78 is 108. The molecule has 1 heterocycles. The molecule has 1 amide bonds. The van der Waals surface area contributed by atoms with E-state index in [9.17, 15) is 49.5 Å². The Hall–Kier alpha value is -2.51. The lowest BCUT2D eigenvalue weighted by Crippen LogP contribution is -2.44. The third kappa shape index (κ3) is 5.20. The van der Waals surface area contributed by atoms with Gasteiger partial charge in [-0.1, -0.05) is 6.92 Å². The van der Waals surface area contributed by atoms with E-state index in [0.717, 1.165) is 4.90 Å². The molecule has 2 fully saturated rings.